The number of likely N-dealkylation sites (tertiary alicyclic amines) is 1. The summed E-state index contributed by atoms with van der Waals surface area (Å²) < 4.78 is 40.8. The highest BCUT2D eigenvalue weighted by atomic mass is 19.1. The van der Waals surface area contributed by atoms with Gasteiger partial charge in [0.25, 0.3) is 0 Å². The first kappa shape index (κ1) is 29.9. The zero-order chi connectivity index (χ0) is 29.6. The van der Waals surface area contributed by atoms with E-state index >= 15 is 4.39 Å². The molecule has 7 nitrogen and oxygen atoms in total. The van der Waals surface area contributed by atoms with Gasteiger partial charge in [-0.05, 0) is 86.5 Å². The highest BCUT2D eigenvalue weighted by Crippen LogP contribution is 2.35. The molecule has 0 amide bonds. The molecule has 42 heavy (non-hydrogen) atoms. The molecule has 2 aromatic carbocycles. The van der Waals surface area contributed by atoms with Gasteiger partial charge in [-0.25, -0.2) is 13.8 Å². The number of rotatable bonds is 10. The number of piperidine rings is 2. The molecule has 0 atom stereocenters. The second-order valence-corrected chi connectivity index (χ2v) is 11.3. The predicted molar refractivity (Wildman–Crippen MR) is 158 cm³/mol. The number of methoxy groups -OCH3 is 1. The van der Waals surface area contributed by atoms with E-state index in [0.717, 1.165) is 56.3 Å². The Bertz CT molecular complexity index is 1390. The van der Waals surface area contributed by atoms with Crippen LogP contribution in [0.1, 0.15) is 48.3 Å². The van der Waals surface area contributed by atoms with E-state index in [2.05, 4.69) is 17.0 Å². The van der Waals surface area contributed by atoms with E-state index in [1.54, 1.807) is 19.2 Å². The van der Waals surface area contributed by atoms with E-state index in [0.29, 0.717) is 43.4 Å². The van der Waals surface area contributed by atoms with Crippen molar-refractivity contribution in [3.8, 4) is 17.0 Å². The summed E-state index contributed by atoms with van der Waals surface area (Å²) in [6.07, 6.45) is 3.26. The zero-order valence-corrected chi connectivity index (χ0v) is 24.3. The van der Waals surface area contributed by atoms with Crippen LogP contribution in [0.5, 0.6) is 5.75 Å². The zero-order valence-electron chi connectivity index (χ0n) is 24.3. The first-order chi connectivity index (χ1) is 20.3. The third-order valence-electron chi connectivity index (χ3n) is 8.60. The number of nitrogens with zero attached hydrogens (tertiary/aromatic N) is 3. The number of anilines is 1. The van der Waals surface area contributed by atoms with Gasteiger partial charge in [-0.3, -0.25) is 4.79 Å². The van der Waals surface area contributed by atoms with Gasteiger partial charge in [-0.15, -0.1) is 0 Å². The third kappa shape index (κ3) is 7.07. The second-order valence-electron chi connectivity index (χ2n) is 11.3. The fraction of sp³-hybridized carbons (Fsp3) is 0.455. The molecule has 0 unspecified atom stereocenters. The van der Waals surface area contributed by atoms with Gasteiger partial charge in [0.1, 0.15) is 18.2 Å². The summed E-state index contributed by atoms with van der Waals surface area (Å²) >= 11 is 0. The Morgan fingerprint density at radius 3 is 2.48 bits per heavy atom. The number of carboxylic acids is 1. The molecule has 0 spiro atoms. The third-order valence-corrected chi connectivity index (χ3v) is 8.60. The average molecular weight is 580 g/mol. The van der Waals surface area contributed by atoms with Crippen molar-refractivity contribution in [1.29, 1.82) is 0 Å². The number of aryl methyl sites for hydroxylation is 1. The van der Waals surface area contributed by atoms with E-state index in [-0.39, 0.29) is 23.8 Å². The van der Waals surface area contributed by atoms with Crippen LogP contribution in [0.2, 0.25) is 0 Å². The van der Waals surface area contributed by atoms with Crippen molar-refractivity contribution in [2.45, 2.75) is 45.1 Å². The quantitative estimate of drug-likeness (QED) is 0.314. The summed E-state index contributed by atoms with van der Waals surface area (Å²) in [4.78, 5) is 20.5. The maximum atomic E-state index is 15.1. The number of aliphatic carboxylic acids is 1. The highest BCUT2D eigenvalue weighted by Gasteiger charge is 2.26. The number of halogens is 2. The minimum Gasteiger partial charge on any atom is -0.485 e. The predicted octanol–water partition coefficient (Wildman–Crippen LogP) is 6.04. The summed E-state index contributed by atoms with van der Waals surface area (Å²) in [5.74, 6) is -1.53. The minimum atomic E-state index is -0.783. The van der Waals surface area contributed by atoms with Crippen LogP contribution in [0.25, 0.3) is 11.3 Å². The standard InChI is InChI=1S/C33H39F2N3O4/c1-22-18-25(23-8-12-37(13-9-23)16-17-41-2)6-7-26(22)21-42-32-28(19-27(34)20-29(32)35)30-4-3-5-31(36-30)38-14-10-24(11-15-38)33(39)40/h3-7,18-20,23-24H,8-17,21H2,1-2H3,(H,39,40). The van der Waals surface area contributed by atoms with Crippen LogP contribution in [0.4, 0.5) is 14.6 Å². The first-order valence-electron chi connectivity index (χ1n) is 14.7. The maximum Gasteiger partial charge on any atom is 0.306 e. The molecule has 3 heterocycles. The summed E-state index contributed by atoms with van der Waals surface area (Å²) in [5, 5.41) is 9.30. The van der Waals surface area contributed by atoms with Crippen LogP contribution in [0.15, 0.2) is 48.5 Å². The molecule has 2 aliphatic heterocycles. The lowest BCUT2D eigenvalue weighted by atomic mass is 9.88. The van der Waals surface area contributed by atoms with Crippen molar-refractivity contribution in [2.75, 3.05) is 51.3 Å². The molecule has 2 saturated heterocycles. The Kier molecular flexibility index (Phi) is 9.69. The van der Waals surface area contributed by atoms with Crippen LogP contribution in [0, 0.1) is 24.5 Å². The Morgan fingerprint density at radius 2 is 1.79 bits per heavy atom. The molecule has 1 N–H and O–H groups in total. The van der Waals surface area contributed by atoms with Crippen molar-refractivity contribution in [2.24, 2.45) is 5.92 Å². The molecule has 0 aliphatic carbocycles. The number of carbonyl (C=O) groups is 1. The average Bonchev–Trinajstić information content (AvgIpc) is 3.00. The molecule has 9 heteroatoms. The molecular formula is C33H39F2N3O4. The Labute approximate surface area is 246 Å². The van der Waals surface area contributed by atoms with E-state index in [1.807, 2.05) is 24.0 Å². The fourth-order valence-corrected chi connectivity index (χ4v) is 6.00. The van der Waals surface area contributed by atoms with Gasteiger partial charge in [0, 0.05) is 38.4 Å². The van der Waals surface area contributed by atoms with Crippen molar-refractivity contribution in [3.05, 3.63) is 76.9 Å². The largest absolute Gasteiger partial charge is 0.485 e. The summed E-state index contributed by atoms with van der Waals surface area (Å²) in [6.45, 7) is 7.11. The number of hydrogen-bond donors (Lipinski definition) is 1. The molecule has 5 rings (SSSR count). The molecule has 0 saturated carbocycles. The molecule has 2 aliphatic rings. The smallest absolute Gasteiger partial charge is 0.306 e. The molecule has 0 radical (unpaired) electrons. The SMILES string of the molecule is COCCN1CCC(c2ccc(COc3c(F)cc(F)cc3-c3cccc(N4CCC(C(=O)O)CC4)n3)c(C)c2)CC1. The van der Waals surface area contributed by atoms with Gasteiger partial charge in [0.2, 0.25) is 0 Å². The lowest BCUT2D eigenvalue weighted by Crippen LogP contribution is -2.36. The van der Waals surface area contributed by atoms with E-state index < -0.39 is 17.6 Å². The maximum absolute atomic E-state index is 15.1. The van der Waals surface area contributed by atoms with Gasteiger partial charge < -0.3 is 24.4 Å². The lowest BCUT2D eigenvalue weighted by molar-refractivity contribution is -0.142. The topological polar surface area (TPSA) is 75.1 Å². The minimum absolute atomic E-state index is 0.0439. The van der Waals surface area contributed by atoms with E-state index in [9.17, 15) is 14.3 Å². The van der Waals surface area contributed by atoms with Crippen molar-refractivity contribution in [3.63, 3.8) is 0 Å². The number of hydrogen-bond acceptors (Lipinski definition) is 6. The molecule has 3 aromatic rings. The molecular weight excluding hydrogens is 540 g/mol. The summed E-state index contributed by atoms with van der Waals surface area (Å²) in [5.41, 5.74) is 3.95. The van der Waals surface area contributed by atoms with Crippen molar-refractivity contribution < 1.29 is 28.2 Å². The Balaban J connectivity index is 1.29. The fourth-order valence-electron chi connectivity index (χ4n) is 6.00. The molecule has 0 bridgehead atoms. The number of pyridine rings is 1. The number of carboxylic acid groups (broad SMARTS) is 1. The number of aromatic nitrogens is 1. The van der Waals surface area contributed by atoms with Crippen LogP contribution in [-0.4, -0.2) is 67.4 Å². The number of ether oxygens (including phenoxy) is 2. The van der Waals surface area contributed by atoms with Crippen molar-refractivity contribution in [1.82, 2.24) is 9.88 Å². The van der Waals surface area contributed by atoms with E-state index in [4.69, 9.17) is 14.5 Å². The summed E-state index contributed by atoms with van der Waals surface area (Å²) in [6, 6.07) is 13.8. The lowest BCUT2D eigenvalue weighted by Gasteiger charge is -2.32. The van der Waals surface area contributed by atoms with Crippen LogP contribution in [-0.2, 0) is 16.1 Å². The molecule has 1 aromatic heterocycles. The highest BCUT2D eigenvalue weighted by molar-refractivity contribution is 5.71. The summed E-state index contributed by atoms with van der Waals surface area (Å²) in [7, 11) is 1.73. The Hall–Kier alpha value is -3.56. The van der Waals surface area contributed by atoms with Gasteiger partial charge in [0.05, 0.1) is 18.2 Å². The number of benzene rings is 2. The van der Waals surface area contributed by atoms with Crippen LogP contribution in [0.3, 0.4) is 0 Å². The van der Waals surface area contributed by atoms with Gasteiger partial charge in [-0.2, -0.15) is 0 Å². The van der Waals surface area contributed by atoms with Gasteiger partial charge in [-0.1, -0.05) is 24.3 Å². The molecule has 2 fully saturated rings. The van der Waals surface area contributed by atoms with Crippen LogP contribution < -0.4 is 9.64 Å². The van der Waals surface area contributed by atoms with Gasteiger partial charge in [0.15, 0.2) is 11.6 Å². The van der Waals surface area contributed by atoms with Crippen molar-refractivity contribution >= 4 is 11.8 Å². The monoisotopic (exact) mass is 579 g/mol. The second kappa shape index (κ2) is 13.6. The Morgan fingerprint density at radius 1 is 1.02 bits per heavy atom. The molecule has 224 valence electrons. The van der Waals surface area contributed by atoms with Crippen LogP contribution >= 0.6 is 0 Å². The first-order valence-corrected chi connectivity index (χ1v) is 14.7. The van der Waals surface area contributed by atoms with Gasteiger partial charge >= 0.3 is 5.97 Å². The normalized spacial score (nSPS) is 17.0. The van der Waals surface area contributed by atoms with E-state index in [1.165, 1.54) is 11.6 Å².